The van der Waals surface area contributed by atoms with E-state index in [0.29, 0.717) is 0 Å². The molecular formula is C22H25N5O3. The zero-order valence-corrected chi connectivity index (χ0v) is 16.7. The molecule has 2 aromatic heterocycles. The highest BCUT2D eigenvalue weighted by molar-refractivity contribution is 5.87. The maximum absolute atomic E-state index is 12.9. The number of fused-ring (bicyclic) bond motifs is 2. The quantitative estimate of drug-likeness (QED) is 0.691. The van der Waals surface area contributed by atoms with E-state index in [0.717, 1.165) is 60.3 Å². The third kappa shape index (κ3) is 3.37. The van der Waals surface area contributed by atoms with Crippen molar-refractivity contribution in [2.75, 3.05) is 18.0 Å². The maximum Gasteiger partial charge on any atom is 0.410 e. The van der Waals surface area contributed by atoms with Crippen molar-refractivity contribution in [2.45, 2.75) is 44.6 Å². The van der Waals surface area contributed by atoms with Crippen molar-refractivity contribution in [3.05, 3.63) is 54.0 Å². The summed E-state index contributed by atoms with van der Waals surface area (Å²) in [5.74, 6) is 0.938. The van der Waals surface area contributed by atoms with E-state index < -0.39 is 0 Å². The van der Waals surface area contributed by atoms with Crippen LogP contribution in [0.4, 0.5) is 10.6 Å². The Morgan fingerprint density at radius 3 is 2.77 bits per heavy atom. The lowest BCUT2D eigenvalue weighted by molar-refractivity contribution is 0.0673. The number of benzene rings is 1. The Labute approximate surface area is 174 Å². The van der Waals surface area contributed by atoms with Crippen LogP contribution < -0.4 is 4.90 Å². The summed E-state index contributed by atoms with van der Waals surface area (Å²) in [6.07, 6.45) is 6.10. The van der Waals surface area contributed by atoms with Crippen LogP contribution in [0.5, 0.6) is 0 Å². The van der Waals surface area contributed by atoms with E-state index in [1.807, 2.05) is 41.4 Å². The molecule has 2 atom stereocenters. The van der Waals surface area contributed by atoms with Crippen molar-refractivity contribution in [3.63, 3.8) is 0 Å². The lowest BCUT2D eigenvalue weighted by Crippen LogP contribution is -2.52. The predicted octanol–water partition coefficient (Wildman–Crippen LogP) is 2.83. The maximum atomic E-state index is 12.9. The SMILES string of the molecule is O=C(OCc1ccc(CO)cc1)N1CCC[C@@H]2C1CCN2c1ncnc2[nH]ccc12. The van der Waals surface area contributed by atoms with Crippen molar-refractivity contribution in [2.24, 2.45) is 0 Å². The summed E-state index contributed by atoms with van der Waals surface area (Å²) in [5.41, 5.74) is 2.59. The number of amides is 1. The molecule has 0 radical (unpaired) electrons. The summed E-state index contributed by atoms with van der Waals surface area (Å²) in [6.45, 7) is 1.83. The van der Waals surface area contributed by atoms with Gasteiger partial charge in [0.2, 0.25) is 0 Å². The first kappa shape index (κ1) is 18.9. The van der Waals surface area contributed by atoms with Crippen LogP contribution in [0.2, 0.25) is 0 Å². The molecule has 8 heteroatoms. The van der Waals surface area contributed by atoms with Gasteiger partial charge in [-0.1, -0.05) is 24.3 Å². The summed E-state index contributed by atoms with van der Waals surface area (Å²) >= 11 is 0. The number of carbonyl (C=O) groups is 1. The number of hydrogen-bond acceptors (Lipinski definition) is 6. The molecule has 2 aliphatic rings. The number of anilines is 1. The van der Waals surface area contributed by atoms with Gasteiger partial charge in [-0.3, -0.25) is 0 Å². The summed E-state index contributed by atoms with van der Waals surface area (Å²) in [4.78, 5) is 29.1. The number of piperidine rings is 1. The van der Waals surface area contributed by atoms with Crippen LogP contribution >= 0.6 is 0 Å². The van der Waals surface area contributed by atoms with E-state index in [9.17, 15) is 4.79 Å². The molecule has 0 saturated carbocycles. The van der Waals surface area contributed by atoms with Gasteiger partial charge in [-0.25, -0.2) is 14.8 Å². The normalized spacial score (nSPS) is 21.1. The molecule has 0 bridgehead atoms. The molecule has 1 amide bonds. The minimum absolute atomic E-state index is 0.00874. The minimum Gasteiger partial charge on any atom is -0.445 e. The fourth-order valence-corrected chi connectivity index (χ4v) is 4.73. The lowest BCUT2D eigenvalue weighted by Gasteiger charge is -2.39. The fraction of sp³-hybridized carbons (Fsp3) is 0.409. The third-order valence-corrected chi connectivity index (χ3v) is 6.22. The number of aromatic amines is 1. The summed E-state index contributed by atoms with van der Waals surface area (Å²) in [6, 6.07) is 9.83. The van der Waals surface area contributed by atoms with Crippen molar-refractivity contribution in [1.29, 1.82) is 0 Å². The van der Waals surface area contributed by atoms with E-state index in [1.54, 1.807) is 6.33 Å². The molecule has 30 heavy (non-hydrogen) atoms. The van der Waals surface area contributed by atoms with Gasteiger partial charge in [-0.15, -0.1) is 0 Å². The Bertz CT molecular complexity index is 1030. The standard InChI is InChI=1S/C22H25N5O3/c28-12-15-3-5-16(6-4-15)13-30-22(29)27-10-1-2-18-19(27)8-11-26(18)21-17-7-9-23-20(17)24-14-25-21/h3-7,9,14,18-19,28H,1-2,8,10-13H2,(H,23,24,25)/t18-,19?/m1/s1. The van der Waals surface area contributed by atoms with Crippen molar-refractivity contribution in [3.8, 4) is 0 Å². The highest BCUT2D eigenvalue weighted by Crippen LogP contribution is 2.36. The topological polar surface area (TPSA) is 94.6 Å². The molecule has 1 aromatic carbocycles. The fourth-order valence-electron chi connectivity index (χ4n) is 4.73. The Kier molecular flexibility index (Phi) is 5.00. The van der Waals surface area contributed by atoms with Gasteiger partial charge in [-0.05, 0) is 36.5 Å². The lowest BCUT2D eigenvalue weighted by atomic mass is 9.97. The van der Waals surface area contributed by atoms with Gasteiger partial charge in [0, 0.05) is 19.3 Å². The zero-order valence-electron chi connectivity index (χ0n) is 16.7. The van der Waals surface area contributed by atoms with Gasteiger partial charge in [0.1, 0.15) is 24.4 Å². The average Bonchev–Trinajstić information content (AvgIpc) is 3.44. The first-order valence-electron chi connectivity index (χ1n) is 10.4. The number of aliphatic hydroxyl groups excluding tert-OH is 1. The number of nitrogens with zero attached hydrogens (tertiary/aromatic N) is 4. The molecule has 5 rings (SSSR count). The van der Waals surface area contributed by atoms with Crippen LogP contribution in [0.3, 0.4) is 0 Å². The first-order chi connectivity index (χ1) is 14.7. The van der Waals surface area contributed by atoms with Gasteiger partial charge in [0.15, 0.2) is 0 Å². The molecule has 0 aliphatic carbocycles. The predicted molar refractivity (Wildman–Crippen MR) is 112 cm³/mol. The summed E-state index contributed by atoms with van der Waals surface area (Å²) in [7, 11) is 0. The summed E-state index contributed by atoms with van der Waals surface area (Å²) < 4.78 is 5.62. The Morgan fingerprint density at radius 1 is 1.10 bits per heavy atom. The van der Waals surface area contributed by atoms with Crippen LogP contribution in [0.15, 0.2) is 42.9 Å². The van der Waals surface area contributed by atoms with E-state index in [4.69, 9.17) is 9.84 Å². The number of aromatic nitrogens is 3. The molecular weight excluding hydrogens is 382 g/mol. The molecule has 4 heterocycles. The van der Waals surface area contributed by atoms with Gasteiger partial charge >= 0.3 is 6.09 Å². The molecule has 2 fully saturated rings. The largest absolute Gasteiger partial charge is 0.445 e. The van der Waals surface area contributed by atoms with Crippen LogP contribution in [-0.4, -0.2) is 56.2 Å². The van der Waals surface area contributed by atoms with Crippen molar-refractivity contribution < 1.29 is 14.6 Å². The second-order valence-electron chi connectivity index (χ2n) is 7.92. The molecule has 3 aromatic rings. The van der Waals surface area contributed by atoms with E-state index in [-0.39, 0.29) is 31.4 Å². The minimum atomic E-state index is -0.257. The van der Waals surface area contributed by atoms with Crippen LogP contribution in [0, 0.1) is 0 Å². The molecule has 2 N–H and O–H groups in total. The van der Waals surface area contributed by atoms with Gasteiger partial charge in [-0.2, -0.15) is 0 Å². The Morgan fingerprint density at radius 2 is 1.93 bits per heavy atom. The number of rotatable bonds is 4. The summed E-state index contributed by atoms with van der Waals surface area (Å²) in [5, 5.41) is 10.2. The number of likely N-dealkylation sites (tertiary alicyclic amines) is 1. The molecule has 1 unspecified atom stereocenters. The monoisotopic (exact) mass is 407 g/mol. The number of nitrogens with one attached hydrogen (secondary N) is 1. The second-order valence-corrected chi connectivity index (χ2v) is 7.92. The molecule has 0 spiro atoms. The molecule has 2 saturated heterocycles. The average molecular weight is 407 g/mol. The van der Waals surface area contributed by atoms with Crippen LogP contribution in [0.25, 0.3) is 11.0 Å². The zero-order chi connectivity index (χ0) is 20.5. The Hall–Kier alpha value is -3.13. The molecule has 2 aliphatic heterocycles. The van der Waals surface area contributed by atoms with Gasteiger partial charge in [0.05, 0.1) is 24.1 Å². The van der Waals surface area contributed by atoms with Crippen LogP contribution in [-0.2, 0) is 18.0 Å². The molecule has 156 valence electrons. The van der Waals surface area contributed by atoms with E-state index in [2.05, 4.69) is 19.9 Å². The second kappa shape index (κ2) is 7.95. The number of ether oxygens (including phenoxy) is 1. The first-order valence-corrected chi connectivity index (χ1v) is 10.4. The number of aliphatic hydroxyl groups is 1. The smallest absolute Gasteiger partial charge is 0.410 e. The van der Waals surface area contributed by atoms with Crippen LogP contribution in [0.1, 0.15) is 30.4 Å². The van der Waals surface area contributed by atoms with Crippen molar-refractivity contribution >= 4 is 22.9 Å². The number of hydrogen-bond donors (Lipinski definition) is 2. The highest BCUT2D eigenvalue weighted by atomic mass is 16.6. The Balaban J connectivity index is 1.28. The van der Waals surface area contributed by atoms with Gasteiger partial charge in [0.25, 0.3) is 0 Å². The van der Waals surface area contributed by atoms with Gasteiger partial charge < -0.3 is 24.6 Å². The van der Waals surface area contributed by atoms with Crippen molar-refractivity contribution in [1.82, 2.24) is 19.9 Å². The molecule has 8 nitrogen and oxygen atoms in total. The highest BCUT2D eigenvalue weighted by Gasteiger charge is 2.43. The third-order valence-electron chi connectivity index (χ3n) is 6.22. The number of carbonyl (C=O) groups excluding carboxylic acids is 1. The number of H-pyrrole nitrogens is 1. The van der Waals surface area contributed by atoms with E-state index >= 15 is 0 Å². The van der Waals surface area contributed by atoms with E-state index in [1.165, 1.54) is 0 Å².